The van der Waals surface area contributed by atoms with Crippen molar-refractivity contribution in [2.24, 2.45) is 0 Å². The molecule has 0 fully saturated rings. The minimum Gasteiger partial charge on any atom is -0.102 e. The van der Waals surface area contributed by atoms with Gasteiger partial charge in [0.1, 0.15) is 0 Å². The standard InChI is InChI=1S/C14H19/c1-5-7-13-9-8-11(3)10-14(13)12(4)6-2/h6,8-10H,2,5,7H2,1,3-4H3. The number of hydrogen-bond acceptors (Lipinski definition) is 0. The molecule has 0 saturated heterocycles. The van der Waals surface area contributed by atoms with Gasteiger partial charge in [-0.1, -0.05) is 50.1 Å². The first kappa shape index (κ1) is 11.0. The molecule has 0 nitrogen and oxygen atoms in total. The third-order valence-corrected chi connectivity index (χ3v) is 2.52. The van der Waals surface area contributed by atoms with Crippen LogP contribution in [0.3, 0.4) is 0 Å². The molecular weight excluding hydrogens is 168 g/mol. The van der Waals surface area contributed by atoms with Crippen LogP contribution in [0, 0.1) is 12.8 Å². The maximum atomic E-state index is 3.83. The number of hydrogen-bond donors (Lipinski definition) is 0. The maximum Gasteiger partial charge on any atom is 0.0233 e. The smallest absolute Gasteiger partial charge is 0.0233 e. The van der Waals surface area contributed by atoms with E-state index in [0.29, 0.717) is 0 Å². The van der Waals surface area contributed by atoms with Crippen molar-refractivity contribution in [1.82, 2.24) is 0 Å². The van der Waals surface area contributed by atoms with Crippen molar-refractivity contribution in [2.45, 2.75) is 33.6 Å². The molecule has 0 aliphatic carbocycles. The van der Waals surface area contributed by atoms with E-state index in [2.05, 4.69) is 45.5 Å². The quantitative estimate of drug-likeness (QED) is 0.666. The van der Waals surface area contributed by atoms with Crippen LogP contribution in [0.5, 0.6) is 0 Å². The van der Waals surface area contributed by atoms with E-state index in [1.165, 1.54) is 29.0 Å². The summed E-state index contributed by atoms with van der Waals surface area (Å²) in [5, 5.41) is 0. The van der Waals surface area contributed by atoms with Gasteiger partial charge in [0.15, 0.2) is 0 Å². The van der Waals surface area contributed by atoms with E-state index >= 15 is 0 Å². The highest BCUT2D eigenvalue weighted by molar-refractivity contribution is 5.44. The summed E-state index contributed by atoms with van der Waals surface area (Å²) in [6, 6.07) is 6.67. The highest BCUT2D eigenvalue weighted by atomic mass is 14.1. The monoisotopic (exact) mass is 187 g/mol. The fraction of sp³-hybridized carbons (Fsp3) is 0.357. The van der Waals surface area contributed by atoms with Crippen LogP contribution in [0.4, 0.5) is 0 Å². The Bertz CT molecular complexity index is 310. The lowest BCUT2D eigenvalue weighted by atomic mass is 9.92. The molecule has 1 aromatic carbocycles. The molecule has 0 amide bonds. The van der Waals surface area contributed by atoms with Crippen LogP contribution in [0.2, 0.25) is 0 Å². The topological polar surface area (TPSA) is 0 Å². The Hall–Kier alpha value is -1.04. The molecule has 0 saturated carbocycles. The third kappa shape index (κ3) is 2.47. The zero-order valence-electron chi connectivity index (χ0n) is 9.43. The van der Waals surface area contributed by atoms with E-state index in [-0.39, 0.29) is 0 Å². The summed E-state index contributed by atoms with van der Waals surface area (Å²) >= 11 is 0. The molecule has 0 aromatic heterocycles. The van der Waals surface area contributed by atoms with Gasteiger partial charge in [-0.15, -0.1) is 6.58 Å². The Morgan fingerprint density at radius 2 is 2.14 bits per heavy atom. The van der Waals surface area contributed by atoms with Gasteiger partial charge in [0.25, 0.3) is 0 Å². The Morgan fingerprint density at radius 1 is 1.43 bits per heavy atom. The zero-order chi connectivity index (χ0) is 10.6. The van der Waals surface area contributed by atoms with Crippen molar-refractivity contribution in [3.05, 3.63) is 53.5 Å². The third-order valence-electron chi connectivity index (χ3n) is 2.52. The average Bonchev–Trinajstić information content (AvgIpc) is 2.20. The van der Waals surface area contributed by atoms with Gasteiger partial charge in [-0.25, -0.2) is 0 Å². The van der Waals surface area contributed by atoms with Gasteiger partial charge in [0.2, 0.25) is 0 Å². The molecule has 75 valence electrons. The van der Waals surface area contributed by atoms with Crippen LogP contribution >= 0.6 is 0 Å². The average molecular weight is 187 g/mol. The number of benzene rings is 1. The van der Waals surface area contributed by atoms with E-state index < -0.39 is 0 Å². The highest BCUT2D eigenvalue weighted by Crippen LogP contribution is 2.22. The van der Waals surface area contributed by atoms with Gasteiger partial charge < -0.3 is 0 Å². The normalized spacial score (nSPS) is 10.6. The molecule has 0 N–H and O–H groups in total. The molecule has 0 spiro atoms. The van der Waals surface area contributed by atoms with Crippen LogP contribution in [0.25, 0.3) is 0 Å². The number of allylic oxidation sites excluding steroid dienone is 1. The van der Waals surface area contributed by atoms with Crippen molar-refractivity contribution < 1.29 is 0 Å². The summed E-state index contributed by atoms with van der Waals surface area (Å²) in [4.78, 5) is 0. The van der Waals surface area contributed by atoms with Gasteiger partial charge in [-0.05, 0) is 24.5 Å². The van der Waals surface area contributed by atoms with Gasteiger partial charge in [-0.3, -0.25) is 0 Å². The Labute approximate surface area is 87.7 Å². The van der Waals surface area contributed by atoms with Gasteiger partial charge in [-0.2, -0.15) is 0 Å². The molecule has 0 heteroatoms. The van der Waals surface area contributed by atoms with Crippen LogP contribution in [-0.2, 0) is 6.42 Å². The van der Waals surface area contributed by atoms with Crippen molar-refractivity contribution in [3.8, 4) is 0 Å². The highest BCUT2D eigenvalue weighted by Gasteiger charge is 2.07. The predicted molar refractivity (Wildman–Crippen MR) is 63.4 cm³/mol. The molecule has 1 radical (unpaired) electrons. The lowest BCUT2D eigenvalue weighted by Gasteiger charge is -2.13. The zero-order valence-corrected chi connectivity index (χ0v) is 9.43. The largest absolute Gasteiger partial charge is 0.102 e. The van der Waals surface area contributed by atoms with E-state index in [1.54, 1.807) is 0 Å². The number of rotatable bonds is 4. The molecular formula is C14H19. The molecule has 0 bridgehead atoms. The first-order valence-electron chi connectivity index (χ1n) is 5.25. The summed E-state index contributed by atoms with van der Waals surface area (Å²) in [5.74, 6) is 1.28. The van der Waals surface area contributed by atoms with Crippen molar-refractivity contribution in [3.63, 3.8) is 0 Å². The van der Waals surface area contributed by atoms with Crippen molar-refractivity contribution >= 4 is 0 Å². The molecule has 1 aromatic rings. The van der Waals surface area contributed by atoms with Crippen LogP contribution in [-0.4, -0.2) is 0 Å². The Morgan fingerprint density at radius 3 is 2.71 bits per heavy atom. The fourth-order valence-electron chi connectivity index (χ4n) is 1.65. The van der Waals surface area contributed by atoms with E-state index in [1.807, 2.05) is 6.08 Å². The minimum absolute atomic E-state index is 1.15. The molecule has 0 aliphatic rings. The summed E-state index contributed by atoms with van der Waals surface area (Å²) in [6.45, 7) is 10.3. The van der Waals surface area contributed by atoms with E-state index in [4.69, 9.17) is 0 Å². The fourth-order valence-corrected chi connectivity index (χ4v) is 1.65. The van der Waals surface area contributed by atoms with Gasteiger partial charge in [0, 0.05) is 5.92 Å². The second kappa shape index (κ2) is 4.99. The summed E-state index contributed by atoms with van der Waals surface area (Å²) in [7, 11) is 0. The molecule has 0 atom stereocenters. The molecule has 14 heavy (non-hydrogen) atoms. The summed E-state index contributed by atoms with van der Waals surface area (Å²) < 4.78 is 0. The molecule has 0 heterocycles. The minimum atomic E-state index is 1.15. The predicted octanol–water partition coefficient (Wildman–Crippen LogP) is 4.08. The Balaban J connectivity index is 3.08. The molecule has 0 unspecified atom stereocenters. The lowest BCUT2D eigenvalue weighted by molar-refractivity contribution is 0.908. The summed E-state index contributed by atoms with van der Waals surface area (Å²) in [5.41, 5.74) is 4.12. The van der Waals surface area contributed by atoms with Gasteiger partial charge >= 0.3 is 0 Å². The van der Waals surface area contributed by atoms with Crippen LogP contribution < -0.4 is 0 Å². The second-order valence-electron chi connectivity index (χ2n) is 3.80. The first-order chi connectivity index (χ1) is 6.69. The van der Waals surface area contributed by atoms with Crippen LogP contribution in [0.1, 0.15) is 37.0 Å². The van der Waals surface area contributed by atoms with Crippen LogP contribution in [0.15, 0.2) is 30.9 Å². The first-order valence-corrected chi connectivity index (χ1v) is 5.25. The van der Waals surface area contributed by atoms with Crippen molar-refractivity contribution in [1.29, 1.82) is 0 Å². The van der Waals surface area contributed by atoms with E-state index in [0.717, 1.165) is 6.42 Å². The van der Waals surface area contributed by atoms with E-state index in [9.17, 15) is 0 Å². The second-order valence-corrected chi connectivity index (χ2v) is 3.80. The Kier molecular flexibility index (Phi) is 3.94. The van der Waals surface area contributed by atoms with Crippen molar-refractivity contribution in [2.75, 3.05) is 0 Å². The molecule has 0 aliphatic heterocycles. The van der Waals surface area contributed by atoms with Gasteiger partial charge in [0.05, 0.1) is 0 Å². The lowest BCUT2D eigenvalue weighted by Crippen LogP contribution is -1.98. The maximum absolute atomic E-state index is 3.83. The summed E-state index contributed by atoms with van der Waals surface area (Å²) in [6.07, 6.45) is 4.29. The number of aryl methyl sites for hydroxylation is 2. The SMILES string of the molecule is C=C[C](C)c1cc(C)ccc1CCC. The molecule has 1 rings (SSSR count).